The van der Waals surface area contributed by atoms with Crippen molar-refractivity contribution in [2.24, 2.45) is 0 Å². The molecule has 0 spiro atoms. The highest BCUT2D eigenvalue weighted by molar-refractivity contribution is 5.80. The molecule has 2 N–H and O–H groups in total. The van der Waals surface area contributed by atoms with E-state index in [9.17, 15) is 4.79 Å². The zero-order valence-electron chi connectivity index (χ0n) is 21.0. The Hall–Kier alpha value is -3.10. The van der Waals surface area contributed by atoms with E-state index in [1.807, 2.05) is 36.6 Å². The molecule has 35 heavy (non-hydrogen) atoms. The van der Waals surface area contributed by atoms with Gasteiger partial charge >= 0.3 is 6.03 Å². The lowest BCUT2D eigenvalue weighted by atomic mass is 9.85. The molecule has 2 aliphatic rings. The van der Waals surface area contributed by atoms with Gasteiger partial charge in [-0.2, -0.15) is 5.10 Å². The Morgan fingerprint density at radius 2 is 1.89 bits per heavy atom. The third-order valence-electron chi connectivity index (χ3n) is 7.29. The maximum absolute atomic E-state index is 12.4. The van der Waals surface area contributed by atoms with Crippen molar-refractivity contribution in [1.29, 1.82) is 0 Å². The minimum Gasteiger partial charge on any atom is -0.372 e. The molecule has 186 valence electrons. The van der Waals surface area contributed by atoms with E-state index in [1.165, 1.54) is 5.56 Å². The molecule has 2 amide bonds. The molecule has 2 saturated heterocycles. The number of piperidine rings is 1. The number of fused-ring (bicyclic) bond motifs is 1. The molecule has 1 aromatic carbocycles. The highest BCUT2D eigenvalue weighted by Crippen LogP contribution is 2.34. The third-order valence-corrected chi connectivity index (χ3v) is 7.29. The summed E-state index contributed by atoms with van der Waals surface area (Å²) in [4.78, 5) is 16.6. The van der Waals surface area contributed by atoms with E-state index in [0.29, 0.717) is 13.1 Å². The van der Waals surface area contributed by atoms with Crippen LogP contribution in [0.4, 0.5) is 10.5 Å². The topological polar surface area (TPSA) is 74.1 Å². The first-order valence-corrected chi connectivity index (χ1v) is 12.6. The number of rotatable bonds is 5. The van der Waals surface area contributed by atoms with Crippen molar-refractivity contribution < 1.29 is 9.53 Å². The number of carbonyl (C=O) groups is 1. The molecule has 8 nitrogen and oxygen atoms in total. The molecule has 8 heteroatoms. The van der Waals surface area contributed by atoms with Crippen molar-refractivity contribution in [3.05, 3.63) is 54.4 Å². The summed E-state index contributed by atoms with van der Waals surface area (Å²) in [5.41, 5.74) is 5.51. The van der Waals surface area contributed by atoms with Gasteiger partial charge in [0.25, 0.3) is 0 Å². The zero-order chi connectivity index (χ0) is 24.4. The molecule has 2 aliphatic heterocycles. The minimum absolute atomic E-state index is 0.0206. The molecule has 5 rings (SSSR count). The second kappa shape index (κ2) is 9.87. The molecule has 4 heterocycles. The van der Waals surface area contributed by atoms with Gasteiger partial charge in [-0.3, -0.25) is 0 Å². The number of nitrogens with zero attached hydrogens (tertiary/aromatic N) is 4. The fourth-order valence-electron chi connectivity index (χ4n) is 5.30. The monoisotopic (exact) mass is 476 g/mol. The van der Waals surface area contributed by atoms with Crippen LogP contribution >= 0.6 is 0 Å². The lowest BCUT2D eigenvalue weighted by Gasteiger charge is -2.37. The number of amides is 2. The van der Waals surface area contributed by atoms with Crippen LogP contribution in [0.15, 0.2) is 48.8 Å². The molecule has 3 aromatic rings. The van der Waals surface area contributed by atoms with Gasteiger partial charge in [0.2, 0.25) is 0 Å². The molecule has 2 fully saturated rings. The van der Waals surface area contributed by atoms with E-state index in [2.05, 4.69) is 63.2 Å². The van der Waals surface area contributed by atoms with Gasteiger partial charge in [0.05, 0.1) is 11.2 Å². The van der Waals surface area contributed by atoms with Gasteiger partial charge in [0.1, 0.15) is 5.60 Å². The first kappa shape index (κ1) is 23.6. The van der Waals surface area contributed by atoms with E-state index in [4.69, 9.17) is 4.74 Å². The number of hydrogen-bond donors (Lipinski definition) is 2. The van der Waals surface area contributed by atoms with Crippen LogP contribution in [0.25, 0.3) is 16.6 Å². The first-order valence-electron chi connectivity index (χ1n) is 12.6. The van der Waals surface area contributed by atoms with Gasteiger partial charge in [-0.15, -0.1) is 0 Å². The number of nitrogens with one attached hydrogen (secondary N) is 2. The van der Waals surface area contributed by atoms with Gasteiger partial charge in [-0.05, 0) is 56.5 Å². The van der Waals surface area contributed by atoms with Crippen LogP contribution in [0.1, 0.15) is 32.3 Å². The fourth-order valence-corrected chi connectivity index (χ4v) is 5.30. The normalized spacial score (nSPS) is 21.0. The number of benzene rings is 1. The Morgan fingerprint density at radius 1 is 1.11 bits per heavy atom. The molecule has 0 unspecified atom stereocenters. The smallest absolute Gasteiger partial charge is 0.317 e. The van der Waals surface area contributed by atoms with Gasteiger partial charge < -0.3 is 25.2 Å². The highest BCUT2D eigenvalue weighted by Gasteiger charge is 2.33. The standard InChI is InChI=1S/C27H36N6O2/c1-20(2)30-26(34)32-15-13-31(14-16-32)24-9-12-29-33-18-22(17-25(24)33)21-5-7-23(8-6-21)27(35-3)10-4-11-28-19-27/h5-9,12,17-18,20,28H,4,10-11,13-16,19H2,1-3H3,(H,30,34)/t27-/m0/s1. The molecule has 0 radical (unpaired) electrons. The summed E-state index contributed by atoms with van der Waals surface area (Å²) in [5.74, 6) is 0. The molecule has 0 aliphatic carbocycles. The number of urea groups is 1. The number of anilines is 1. The summed E-state index contributed by atoms with van der Waals surface area (Å²) in [5, 5.41) is 11.0. The second-order valence-corrected chi connectivity index (χ2v) is 9.91. The van der Waals surface area contributed by atoms with Crippen LogP contribution < -0.4 is 15.5 Å². The Kier molecular flexibility index (Phi) is 6.67. The third kappa shape index (κ3) is 4.73. The summed E-state index contributed by atoms with van der Waals surface area (Å²) >= 11 is 0. The first-order chi connectivity index (χ1) is 17.0. The SMILES string of the molecule is CO[C@@]1(c2ccc(-c3cc4c(N5CCN(C(=O)NC(C)C)CC5)ccnn4c3)cc2)CCCNC1. The van der Waals surface area contributed by atoms with Gasteiger partial charge in [0, 0.05) is 63.8 Å². The maximum atomic E-state index is 12.4. The van der Waals surface area contributed by atoms with Crippen LogP contribution in [-0.4, -0.2) is 73.0 Å². The molecular formula is C27H36N6O2. The Morgan fingerprint density at radius 3 is 2.54 bits per heavy atom. The van der Waals surface area contributed by atoms with Gasteiger partial charge in [-0.1, -0.05) is 24.3 Å². The number of aromatic nitrogens is 2. The van der Waals surface area contributed by atoms with Crippen molar-refractivity contribution >= 4 is 17.2 Å². The van der Waals surface area contributed by atoms with Crippen molar-refractivity contribution in [3.63, 3.8) is 0 Å². The Balaban J connectivity index is 1.34. The number of methoxy groups -OCH3 is 1. The number of hydrogen-bond acceptors (Lipinski definition) is 5. The lowest BCUT2D eigenvalue weighted by Crippen LogP contribution is -2.53. The molecule has 0 bridgehead atoms. The van der Waals surface area contributed by atoms with E-state index in [-0.39, 0.29) is 17.7 Å². The summed E-state index contributed by atoms with van der Waals surface area (Å²) < 4.78 is 7.93. The van der Waals surface area contributed by atoms with E-state index in [1.54, 1.807) is 0 Å². The maximum Gasteiger partial charge on any atom is 0.317 e. The van der Waals surface area contributed by atoms with Crippen LogP contribution in [-0.2, 0) is 10.3 Å². The average Bonchev–Trinajstić information content (AvgIpc) is 3.33. The van der Waals surface area contributed by atoms with Crippen LogP contribution in [0.5, 0.6) is 0 Å². The van der Waals surface area contributed by atoms with Crippen molar-refractivity contribution in [1.82, 2.24) is 25.1 Å². The predicted octanol–water partition coefficient (Wildman–Crippen LogP) is 3.47. The zero-order valence-corrected chi connectivity index (χ0v) is 21.0. The quantitative estimate of drug-likeness (QED) is 0.590. The number of piperazine rings is 1. The van der Waals surface area contributed by atoms with Crippen molar-refractivity contribution in [2.75, 3.05) is 51.3 Å². The Labute approximate surface area is 207 Å². The summed E-state index contributed by atoms with van der Waals surface area (Å²) in [6.07, 6.45) is 6.09. The average molecular weight is 477 g/mol. The van der Waals surface area contributed by atoms with E-state index in [0.717, 1.165) is 61.4 Å². The van der Waals surface area contributed by atoms with Crippen molar-refractivity contribution in [2.45, 2.75) is 38.3 Å². The van der Waals surface area contributed by atoms with E-state index < -0.39 is 0 Å². The highest BCUT2D eigenvalue weighted by atomic mass is 16.5. The lowest BCUT2D eigenvalue weighted by molar-refractivity contribution is -0.0333. The largest absolute Gasteiger partial charge is 0.372 e. The van der Waals surface area contributed by atoms with Crippen LogP contribution in [0.3, 0.4) is 0 Å². The minimum atomic E-state index is -0.245. The van der Waals surface area contributed by atoms with Crippen LogP contribution in [0.2, 0.25) is 0 Å². The number of ether oxygens (including phenoxy) is 1. The summed E-state index contributed by atoms with van der Waals surface area (Å²) in [6, 6.07) is 13.2. The van der Waals surface area contributed by atoms with Gasteiger partial charge in [-0.25, -0.2) is 9.31 Å². The molecule has 0 saturated carbocycles. The molecule has 2 aromatic heterocycles. The summed E-state index contributed by atoms with van der Waals surface area (Å²) in [7, 11) is 1.81. The van der Waals surface area contributed by atoms with Gasteiger partial charge in [0.15, 0.2) is 0 Å². The number of carbonyl (C=O) groups excluding carboxylic acids is 1. The van der Waals surface area contributed by atoms with Crippen LogP contribution in [0, 0.1) is 0 Å². The fraction of sp³-hybridized carbons (Fsp3) is 0.481. The van der Waals surface area contributed by atoms with Crippen molar-refractivity contribution in [3.8, 4) is 11.1 Å². The molecule has 1 atom stereocenters. The van der Waals surface area contributed by atoms with E-state index >= 15 is 0 Å². The Bertz CT molecular complexity index is 1160. The predicted molar refractivity (Wildman–Crippen MR) is 139 cm³/mol. The second-order valence-electron chi connectivity index (χ2n) is 9.91. The molecular weight excluding hydrogens is 440 g/mol. The summed E-state index contributed by atoms with van der Waals surface area (Å²) in [6.45, 7) is 8.89.